The van der Waals surface area contributed by atoms with Gasteiger partial charge in [-0.25, -0.2) is 9.45 Å². The van der Waals surface area contributed by atoms with Crippen molar-refractivity contribution in [2.24, 2.45) is 0 Å². The monoisotopic (exact) mass is 405 g/mol. The van der Waals surface area contributed by atoms with Gasteiger partial charge < -0.3 is 9.88 Å². The number of hydroxylamine groups is 2. The molecule has 0 radical (unpaired) electrons. The molecule has 1 aliphatic heterocycles. The lowest BCUT2D eigenvalue weighted by molar-refractivity contribution is -0.0761. The number of amides is 2. The zero-order valence-corrected chi connectivity index (χ0v) is 15.9. The highest BCUT2D eigenvalue weighted by Gasteiger charge is 2.30. The van der Waals surface area contributed by atoms with Gasteiger partial charge in [-0.3, -0.25) is 19.5 Å². The Bertz CT molecular complexity index is 1090. The first-order valence-corrected chi connectivity index (χ1v) is 8.92. The van der Waals surface area contributed by atoms with E-state index in [0.717, 1.165) is 10.8 Å². The second kappa shape index (κ2) is 6.92. The molecule has 8 nitrogen and oxygen atoms in total. The molecule has 0 spiro atoms. The van der Waals surface area contributed by atoms with Crippen molar-refractivity contribution in [1.82, 2.24) is 25.1 Å². The van der Waals surface area contributed by atoms with Gasteiger partial charge in [-0.05, 0) is 18.2 Å². The predicted molar refractivity (Wildman–Crippen MR) is 99.4 cm³/mol. The fraction of sp³-hybridized carbons (Fsp3) is 0.278. The second-order valence-electron chi connectivity index (χ2n) is 6.52. The van der Waals surface area contributed by atoms with Crippen LogP contribution in [0.1, 0.15) is 32.2 Å². The molecule has 1 aliphatic rings. The number of hydrogen-bond acceptors (Lipinski definition) is 4. The fourth-order valence-electron chi connectivity index (χ4n) is 3.32. The van der Waals surface area contributed by atoms with Crippen molar-refractivity contribution in [2.45, 2.75) is 13.0 Å². The summed E-state index contributed by atoms with van der Waals surface area (Å²) >= 11 is 6.07. The van der Waals surface area contributed by atoms with Gasteiger partial charge in [-0.1, -0.05) is 11.6 Å². The van der Waals surface area contributed by atoms with Crippen molar-refractivity contribution in [2.75, 3.05) is 20.7 Å². The highest BCUT2D eigenvalue weighted by molar-refractivity contribution is 6.35. The third kappa shape index (κ3) is 3.02. The molecule has 2 N–H and O–H groups in total. The minimum absolute atomic E-state index is 0.221. The standard InChI is InChI=1S/C18H17ClFN5O3/c1-24(28-2)18(27)16-11-8-25(4-3-13(11)22-23-16)17(26)15-7-10-12(19)5-9(20)6-14(10)21-15/h5-7,21H,3-4,8H2,1-2H3,(H,22,23). The number of nitrogens with zero attached hydrogens (tertiary/aromatic N) is 3. The van der Waals surface area contributed by atoms with Crippen molar-refractivity contribution in [1.29, 1.82) is 0 Å². The highest BCUT2D eigenvalue weighted by Crippen LogP contribution is 2.28. The summed E-state index contributed by atoms with van der Waals surface area (Å²) in [7, 11) is 2.87. The van der Waals surface area contributed by atoms with Gasteiger partial charge in [0.05, 0.1) is 24.2 Å². The molecule has 0 fully saturated rings. The molecule has 3 heterocycles. The van der Waals surface area contributed by atoms with E-state index in [1.807, 2.05) is 0 Å². The van der Waals surface area contributed by atoms with Crippen LogP contribution in [0.5, 0.6) is 0 Å². The van der Waals surface area contributed by atoms with Gasteiger partial charge in [-0.15, -0.1) is 0 Å². The number of aromatic nitrogens is 3. The van der Waals surface area contributed by atoms with E-state index in [9.17, 15) is 14.0 Å². The van der Waals surface area contributed by atoms with E-state index in [1.54, 1.807) is 11.0 Å². The summed E-state index contributed by atoms with van der Waals surface area (Å²) in [6.07, 6.45) is 0.535. The Morgan fingerprint density at radius 1 is 1.36 bits per heavy atom. The van der Waals surface area contributed by atoms with Gasteiger partial charge in [0, 0.05) is 36.7 Å². The molecule has 0 unspecified atom stereocenters. The maximum Gasteiger partial charge on any atom is 0.297 e. The second-order valence-corrected chi connectivity index (χ2v) is 6.93. The number of halogens is 2. The Kier molecular flexibility index (Phi) is 4.56. The summed E-state index contributed by atoms with van der Waals surface area (Å²) in [5.74, 6) is -1.15. The number of carbonyl (C=O) groups is 2. The molecule has 146 valence electrons. The number of carbonyl (C=O) groups excluding carboxylic acids is 2. The molecule has 0 aliphatic carbocycles. The Labute approximate surface area is 164 Å². The Hall–Kier alpha value is -2.91. The molecule has 4 rings (SSSR count). The fourth-order valence-corrected chi connectivity index (χ4v) is 3.58. The number of nitrogens with one attached hydrogen (secondary N) is 2. The van der Waals surface area contributed by atoms with Gasteiger partial charge in [0.15, 0.2) is 5.69 Å². The van der Waals surface area contributed by atoms with E-state index in [1.165, 1.54) is 26.3 Å². The lowest BCUT2D eigenvalue weighted by atomic mass is 10.0. The van der Waals surface area contributed by atoms with Crippen molar-refractivity contribution < 1.29 is 18.8 Å². The van der Waals surface area contributed by atoms with Crippen LogP contribution < -0.4 is 0 Å². The summed E-state index contributed by atoms with van der Waals surface area (Å²) in [6.45, 7) is 0.681. The summed E-state index contributed by atoms with van der Waals surface area (Å²) in [5, 5.41) is 8.83. The summed E-state index contributed by atoms with van der Waals surface area (Å²) in [6, 6.07) is 4.10. The first kappa shape index (κ1) is 18.5. The van der Waals surface area contributed by atoms with E-state index < -0.39 is 11.7 Å². The number of hydrogen-bond donors (Lipinski definition) is 2. The topological polar surface area (TPSA) is 94.3 Å². The maximum absolute atomic E-state index is 13.6. The number of rotatable bonds is 3. The van der Waals surface area contributed by atoms with Crippen LogP contribution in [0.15, 0.2) is 18.2 Å². The third-order valence-electron chi connectivity index (χ3n) is 4.87. The van der Waals surface area contributed by atoms with Crippen LogP contribution in [0, 0.1) is 5.82 Å². The Balaban J connectivity index is 1.62. The Morgan fingerprint density at radius 3 is 2.89 bits per heavy atom. The van der Waals surface area contributed by atoms with E-state index in [0.29, 0.717) is 35.1 Å². The van der Waals surface area contributed by atoms with E-state index in [-0.39, 0.29) is 23.2 Å². The van der Waals surface area contributed by atoms with Crippen LogP contribution in [-0.2, 0) is 17.8 Å². The van der Waals surface area contributed by atoms with Crippen LogP contribution >= 0.6 is 11.6 Å². The summed E-state index contributed by atoms with van der Waals surface area (Å²) < 4.78 is 13.6. The van der Waals surface area contributed by atoms with E-state index in [2.05, 4.69) is 15.2 Å². The zero-order chi connectivity index (χ0) is 20.0. The first-order valence-electron chi connectivity index (χ1n) is 8.54. The maximum atomic E-state index is 13.6. The van der Waals surface area contributed by atoms with Crippen LogP contribution in [0.2, 0.25) is 5.02 Å². The van der Waals surface area contributed by atoms with Crippen LogP contribution in [-0.4, -0.2) is 57.7 Å². The quantitative estimate of drug-likeness (QED) is 0.655. The molecule has 1 aromatic carbocycles. The molecular weight excluding hydrogens is 389 g/mol. The zero-order valence-electron chi connectivity index (χ0n) is 15.2. The molecule has 3 aromatic rings. The molecule has 0 bridgehead atoms. The first-order chi connectivity index (χ1) is 13.4. The molecule has 2 amide bonds. The molecule has 0 saturated heterocycles. The third-order valence-corrected chi connectivity index (χ3v) is 5.18. The molecule has 0 saturated carbocycles. The van der Waals surface area contributed by atoms with Gasteiger partial charge in [0.2, 0.25) is 0 Å². The number of aromatic amines is 2. The van der Waals surface area contributed by atoms with Gasteiger partial charge in [0.1, 0.15) is 11.5 Å². The van der Waals surface area contributed by atoms with Crippen LogP contribution in [0.4, 0.5) is 4.39 Å². The largest absolute Gasteiger partial charge is 0.350 e. The van der Waals surface area contributed by atoms with Gasteiger partial charge in [-0.2, -0.15) is 5.10 Å². The summed E-state index contributed by atoms with van der Waals surface area (Å²) in [4.78, 5) is 34.8. The molecular formula is C18H17ClFN5O3. The smallest absolute Gasteiger partial charge is 0.297 e. The minimum Gasteiger partial charge on any atom is -0.350 e. The summed E-state index contributed by atoms with van der Waals surface area (Å²) in [5.41, 5.74) is 2.45. The lowest BCUT2D eigenvalue weighted by Crippen LogP contribution is -2.37. The predicted octanol–water partition coefficient (Wildman–Crippen LogP) is 2.52. The average Bonchev–Trinajstić information content (AvgIpc) is 3.29. The highest BCUT2D eigenvalue weighted by atomic mass is 35.5. The number of H-pyrrole nitrogens is 2. The van der Waals surface area contributed by atoms with E-state index >= 15 is 0 Å². The number of fused-ring (bicyclic) bond motifs is 2. The molecule has 10 heteroatoms. The van der Waals surface area contributed by atoms with Crippen molar-refractivity contribution >= 4 is 34.3 Å². The van der Waals surface area contributed by atoms with Gasteiger partial charge in [0.25, 0.3) is 11.8 Å². The Morgan fingerprint density at radius 2 is 2.14 bits per heavy atom. The lowest BCUT2D eigenvalue weighted by Gasteiger charge is -2.27. The van der Waals surface area contributed by atoms with Crippen molar-refractivity contribution in [3.05, 3.63) is 51.7 Å². The van der Waals surface area contributed by atoms with Gasteiger partial charge >= 0.3 is 0 Å². The van der Waals surface area contributed by atoms with Crippen molar-refractivity contribution in [3.8, 4) is 0 Å². The average molecular weight is 406 g/mol. The molecule has 0 atom stereocenters. The van der Waals surface area contributed by atoms with Crippen LogP contribution in [0.25, 0.3) is 10.9 Å². The minimum atomic E-state index is -0.482. The van der Waals surface area contributed by atoms with Crippen LogP contribution in [0.3, 0.4) is 0 Å². The number of benzene rings is 1. The molecule has 2 aromatic heterocycles. The van der Waals surface area contributed by atoms with Crippen molar-refractivity contribution in [3.63, 3.8) is 0 Å². The normalized spacial score (nSPS) is 13.6. The van der Waals surface area contributed by atoms with E-state index in [4.69, 9.17) is 16.4 Å². The molecule has 28 heavy (non-hydrogen) atoms. The SMILES string of the molecule is CON(C)C(=O)c1n[nH]c2c1CN(C(=O)c1cc3c(Cl)cc(F)cc3[nH]1)CC2.